The Labute approximate surface area is 80.7 Å². The molecule has 2 atom stereocenters. The monoisotopic (exact) mass is 184 g/mol. The summed E-state index contributed by atoms with van der Waals surface area (Å²) >= 11 is 0. The Morgan fingerprint density at radius 2 is 2.08 bits per heavy atom. The maximum absolute atomic E-state index is 11.6. The van der Waals surface area contributed by atoms with E-state index in [1.54, 1.807) is 7.11 Å². The molecule has 13 heavy (non-hydrogen) atoms. The van der Waals surface area contributed by atoms with Gasteiger partial charge in [0.25, 0.3) is 0 Å². The highest BCUT2D eigenvalue weighted by molar-refractivity contribution is 5.82. The zero-order chi connectivity index (χ0) is 9.84. The fourth-order valence-electron chi connectivity index (χ4n) is 2.26. The number of hydrogen-bond acceptors (Lipinski definition) is 2. The largest absolute Gasteiger partial charge is 0.380 e. The minimum absolute atomic E-state index is 0.132. The second-order valence-electron chi connectivity index (χ2n) is 4.26. The van der Waals surface area contributed by atoms with Gasteiger partial charge in [-0.1, -0.05) is 20.3 Å². The van der Waals surface area contributed by atoms with Gasteiger partial charge in [-0.3, -0.25) is 4.79 Å². The summed E-state index contributed by atoms with van der Waals surface area (Å²) in [4.78, 5) is 11.6. The zero-order valence-corrected chi connectivity index (χ0v) is 8.88. The Balaban J connectivity index is 2.60. The molecule has 0 radical (unpaired) electrons. The lowest BCUT2D eigenvalue weighted by molar-refractivity contribution is -0.131. The van der Waals surface area contributed by atoms with Crippen molar-refractivity contribution in [3.8, 4) is 0 Å². The molecule has 0 heterocycles. The van der Waals surface area contributed by atoms with Crippen LogP contribution in [0.15, 0.2) is 0 Å². The Morgan fingerprint density at radius 1 is 1.38 bits per heavy atom. The van der Waals surface area contributed by atoms with Crippen LogP contribution in [0.3, 0.4) is 0 Å². The van der Waals surface area contributed by atoms with Crippen molar-refractivity contribution in [2.75, 3.05) is 7.11 Å². The molecule has 0 aromatic heterocycles. The first-order valence-corrected chi connectivity index (χ1v) is 5.22. The van der Waals surface area contributed by atoms with Crippen molar-refractivity contribution in [1.29, 1.82) is 0 Å². The molecule has 0 unspecified atom stereocenters. The summed E-state index contributed by atoms with van der Waals surface area (Å²) in [7, 11) is 1.71. The molecule has 1 fully saturated rings. The molecule has 0 aromatic rings. The van der Waals surface area contributed by atoms with Crippen molar-refractivity contribution in [3.05, 3.63) is 0 Å². The van der Waals surface area contributed by atoms with Crippen molar-refractivity contribution in [1.82, 2.24) is 0 Å². The zero-order valence-electron chi connectivity index (χ0n) is 8.88. The van der Waals surface area contributed by atoms with E-state index in [1.807, 2.05) is 0 Å². The summed E-state index contributed by atoms with van der Waals surface area (Å²) in [5, 5.41) is 0. The Kier molecular flexibility index (Phi) is 3.91. The lowest BCUT2D eigenvalue weighted by Gasteiger charge is -2.30. The number of carbonyl (C=O) groups is 1. The van der Waals surface area contributed by atoms with Crippen LogP contribution in [0, 0.1) is 11.8 Å². The van der Waals surface area contributed by atoms with Crippen molar-refractivity contribution in [2.24, 2.45) is 11.8 Å². The summed E-state index contributed by atoms with van der Waals surface area (Å²) in [5.41, 5.74) is 0. The fraction of sp³-hybridized carbons (Fsp3) is 0.909. The predicted molar refractivity (Wildman–Crippen MR) is 52.6 cm³/mol. The molecule has 2 nitrogen and oxygen atoms in total. The van der Waals surface area contributed by atoms with Gasteiger partial charge in [-0.2, -0.15) is 0 Å². The normalized spacial score (nSPS) is 26.5. The van der Waals surface area contributed by atoms with Crippen LogP contribution < -0.4 is 0 Å². The number of methoxy groups -OCH3 is 1. The third-order valence-electron chi connectivity index (χ3n) is 2.93. The van der Waals surface area contributed by atoms with Gasteiger partial charge >= 0.3 is 0 Å². The molecule has 0 aromatic carbocycles. The molecule has 0 aliphatic heterocycles. The van der Waals surface area contributed by atoms with Gasteiger partial charge in [0.1, 0.15) is 5.78 Å². The number of carbonyl (C=O) groups excluding carboxylic acids is 1. The standard InChI is InChI=1S/C11H20O2/c1-8(2)11(13-3)9-6-4-5-7-10(9)12/h8-9,11H,4-7H2,1-3H3/t9-,11+/m1/s1. The molecular formula is C11H20O2. The molecular weight excluding hydrogens is 164 g/mol. The van der Waals surface area contributed by atoms with Crippen LogP contribution in [0.25, 0.3) is 0 Å². The number of hydrogen-bond donors (Lipinski definition) is 0. The molecule has 0 N–H and O–H groups in total. The van der Waals surface area contributed by atoms with E-state index in [2.05, 4.69) is 13.8 Å². The SMILES string of the molecule is CO[C@@H](C(C)C)[C@@H]1CCCCC1=O. The summed E-state index contributed by atoms with van der Waals surface area (Å²) in [5.74, 6) is 1.02. The van der Waals surface area contributed by atoms with Crippen molar-refractivity contribution >= 4 is 5.78 Å². The number of rotatable bonds is 3. The van der Waals surface area contributed by atoms with Crippen LogP contribution in [0.2, 0.25) is 0 Å². The van der Waals surface area contributed by atoms with Gasteiger partial charge in [-0.05, 0) is 18.8 Å². The number of ether oxygens (including phenoxy) is 1. The molecule has 0 amide bonds. The highest BCUT2D eigenvalue weighted by Gasteiger charge is 2.31. The van der Waals surface area contributed by atoms with E-state index >= 15 is 0 Å². The van der Waals surface area contributed by atoms with Gasteiger partial charge in [-0.15, -0.1) is 0 Å². The average molecular weight is 184 g/mol. The van der Waals surface area contributed by atoms with Crippen LogP contribution in [-0.4, -0.2) is 19.0 Å². The lowest BCUT2D eigenvalue weighted by Crippen LogP contribution is -2.35. The molecule has 1 aliphatic carbocycles. The van der Waals surface area contributed by atoms with E-state index in [-0.39, 0.29) is 12.0 Å². The lowest BCUT2D eigenvalue weighted by atomic mass is 9.80. The molecule has 1 rings (SSSR count). The number of ketones is 1. The van der Waals surface area contributed by atoms with Gasteiger partial charge in [0.15, 0.2) is 0 Å². The van der Waals surface area contributed by atoms with E-state index < -0.39 is 0 Å². The van der Waals surface area contributed by atoms with E-state index in [4.69, 9.17) is 4.74 Å². The van der Waals surface area contributed by atoms with E-state index in [9.17, 15) is 4.79 Å². The van der Waals surface area contributed by atoms with Crippen LogP contribution in [0.5, 0.6) is 0 Å². The van der Waals surface area contributed by atoms with Gasteiger partial charge in [0.05, 0.1) is 6.10 Å². The average Bonchev–Trinajstić information content (AvgIpc) is 2.09. The van der Waals surface area contributed by atoms with E-state index in [0.717, 1.165) is 19.3 Å². The van der Waals surface area contributed by atoms with Crippen LogP contribution >= 0.6 is 0 Å². The fourth-order valence-corrected chi connectivity index (χ4v) is 2.26. The van der Waals surface area contributed by atoms with E-state index in [1.165, 1.54) is 6.42 Å². The Morgan fingerprint density at radius 3 is 2.54 bits per heavy atom. The first kappa shape index (κ1) is 10.7. The van der Waals surface area contributed by atoms with Gasteiger partial charge < -0.3 is 4.74 Å². The van der Waals surface area contributed by atoms with Crippen molar-refractivity contribution in [2.45, 2.75) is 45.6 Å². The molecule has 0 saturated heterocycles. The maximum Gasteiger partial charge on any atom is 0.138 e. The van der Waals surface area contributed by atoms with Gasteiger partial charge in [-0.25, -0.2) is 0 Å². The first-order valence-electron chi connectivity index (χ1n) is 5.22. The summed E-state index contributed by atoms with van der Waals surface area (Å²) in [6, 6.07) is 0. The quantitative estimate of drug-likeness (QED) is 0.673. The molecule has 0 spiro atoms. The highest BCUT2D eigenvalue weighted by Crippen LogP contribution is 2.28. The summed E-state index contributed by atoms with van der Waals surface area (Å²) < 4.78 is 5.40. The second kappa shape index (κ2) is 4.75. The molecule has 2 heteroatoms. The molecule has 0 bridgehead atoms. The minimum Gasteiger partial charge on any atom is -0.380 e. The predicted octanol–water partition coefficient (Wildman–Crippen LogP) is 2.42. The van der Waals surface area contributed by atoms with Crippen LogP contribution in [0.1, 0.15) is 39.5 Å². The van der Waals surface area contributed by atoms with Gasteiger partial charge in [0, 0.05) is 19.4 Å². The first-order chi connectivity index (χ1) is 6.16. The third kappa shape index (κ3) is 2.53. The van der Waals surface area contributed by atoms with Crippen LogP contribution in [0.4, 0.5) is 0 Å². The van der Waals surface area contributed by atoms with Crippen molar-refractivity contribution < 1.29 is 9.53 Å². The van der Waals surface area contributed by atoms with Crippen LogP contribution in [-0.2, 0) is 9.53 Å². The Bertz CT molecular complexity index is 175. The minimum atomic E-state index is 0.132. The highest BCUT2D eigenvalue weighted by atomic mass is 16.5. The molecule has 1 aliphatic rings. The number of Topliss-reactive ketones (excluding diaryl/α,β-unsaturated/α-hetero) is 1. The summed E-state index contributed by atoms with van der Waals surface area (Å²) in [6.07, 6.45) is 4.17. The smallest absolute Gasteiger partial charge is 0.138 e. The third-order valence-corrected chi connectivity index (χ3v) is 2.93. The van der Waals surface area contributed by atoms with Crippen molar-refractivity contribution in [3.63, 3.8) is 0 Å². The maximum atomic E-state index is 11.6. The molecule has 1 saturated carbocycles. The Hall–Kier alpha value is -0.370. The van der Waals surface area contributed by atoms with E-state index in [0.29, 0.717) is 11.7 Å². The van der Waals surface area contributed by atoms with Gasteiger partial charge in [0.2, 0.25) is 0 Å². The topological polar surface area (TPSA) is 26.3 Å². The second-order valence-corrected chi connectivity index (χ2v) is 4.26. The summed E-state index contributed by atoms with van der Waals surface area (Å²) in [6.45, 7) is 4.24. The molecule has 76 valence electrons.